The number of halogens is 1. The van der Waals surface area contributed by atoms with Crippen LogP contribution in [-0.4, -0.2) is 40.0 Å². The quantitative estimate of drug-likeness (QED) is 0.811. The van der Waals surface area contributed by atoms with Gasteiger partial charge in [0.25, 0.3) is 5.91 Å². The molecule has 1 aromatic carbocycles. The van der Waals surface area contributed by atoms with Crippen LogP contribution in [0, 0.1) is 6.92 Å². The summed E-state index contributed by atoms with van der Waals surface area (Å²) in [5, 5.41) is 14.8. The molecule has 6 nitrogen and oxygen atoms in total. The lowest BCUT2D eigenvalue weighted by atomic mass is 10.1. The summed E-state index contributed by atoms with van der Waals surface area (Å²) < 4.78 is 1.92. The molecule has 2 N–H and O–H groups in total. The Bertz CT molecular complexity index is 697. The monoisotopic (exact) mass is 377 g/mol. The second kappa shape index (κ2) is 9.69. The second-order valence-electron chi connectivity index (χ2n) is 6.85. The topological polar surface area (TPSA) is 71.8 Å². The maximum atomic E-state index is 12.5. The molecule has 0 spiro atoms. The molecule has 1 aliphatic heterocycles. The summed E-state index contributed by atoms with van der Waals surface area (Å²) >= 11 is 0. The molecule has 1 fully saturated rings. The van der Waals surface area contributed by atoms with E-state index in [2.05, 4.69) is 33.1 Å². The van der Waals surface area contributed by atoms with Gasteiger partial charge in [-0.25, -0.2) is 4.68 Å². The SMILES string of the molecule is Cc1c(C(=O)NC(C)CCc2ccccc2)nnn1C1CCNCC1.Cl. The van der Waals surface area contributed by atoms with Crippen molar-refractivity contribution in [1.29, 1.82) is 0 Å². The van der Waals surface area contributed by atoms with Crippen LogP contribution in [0.2, 0.25) is 0 Å². The zero-order chi connectivity index (χ0) is 17.6. The number of nitrogens with one attached hydrogen (secondary N) is 2. The Kier molecular flexibility index (Phi) is 7.60. The molecule has 1 atom stereocenters. The van der Waals surface area contributed by atoms with Crippen molar-refractivity contribution in [3.8, 4) is 0 Å². The first-order valence-electron chi connectivity index (χ1n) is 9.12. The van der Waals surface area contributed by atoms with Gasteiger partial charge >= 0.3 is 0 Å². The predicted molar refractivity (Wildman–Crippen MR) is 105 cm³/mol. The zero-order valence-electron chi connectivity index (χ0n) is 15.4. The van der Waals surface area contributed by atoms with Crippen LogP contribution < -0.4 is 10.6 Å². The van der Waals surface area contributed by atoms with E-state index >= 15 is 0 Å². The fraction of sp³-hybridized carbons (Fsp3) is 0.526. The molecule has 7 heteroatoms. The highest BCUT2D eigenvalue weighted by Gasteiger charge is 2.23. The number of rotatable bonds is 6. The predicted octanol–water partition coefficient (Wildman–Crippen LogP) is 2.68. The van der Waals surface area contributed by atoms with Gasteiger partial charge in [0.2, 0.25) is 0 Å². The molecule has 1 unspecified atom stereocenters. The van der Waals surface area contributed by atoms with Gasteiger partial charge in [0.15, 0.2) is 5.69 Å². The number of benzene rings is 1. The first kappa shape index (κ1) is 20.4. The minimum absolute atomic E-state index is 0. The minimum Gasteiger partial charge on any atom is -0.348 e. The maximum absolute atomic E-state index is 12.5. The fourth-order valence-corrected chi connectivity index (χ4v) is 3.34. The van der Waals surface area contributed by atoms with Crippen molar-refractivity contribution >= 4 is 18.3 Å². The Hall–Kier alpha value is -1.92. The summed E-state index contributed by atoms with van der Waals surface area (Å²) in [6.45, 7) is 5.95. The van der Waals surface area contributed by atoms with E-state index in [4.69, 9.17) is 0 Å². The van der Waals surface area contributed by atoms with E-state index in [9.17, 15) is 4.79 Å². The summed E-state index contributed by atoms with van der Waals surface area (Å²) in [7, 11) is 0. The normalized spacial score (nSPS) is 15.9. The van der Waals surface area contributed by atoms with Gasteiger partial charge < -0.3 is 10.6 Å². The van der Waals surface area contributed by atoms with E-state index < -0.39 is 0 Å². The molecule has 3 rings (SSSR count). The highest BCUT2D eigenvalue weighted by molar-refractivity contribution is 5.93. The summed E-state index contributed by atoms with van der Waals surface area (Å²) in [6.07, 6.45) is 3.90. The third kappa shape index (κ3) is 5.05. The molecule has 0 bridgehead atoms. The Morgan fingerprint density at radius 3 is 2.69 bits per heavy atom. The number of nitrogens with zero attached hydrogens (tertiary/aromatic N) is 3. The van der Waals surface area contributed by atoms with Crippen LogP contribution in [0.15, 0.2) is 30.3 Å². The first-order valence-corrected chi connectivity index (χ1v) is 9.12. The third-order valence-corrected chi connectivity index (χ3v) is 4.88. The van der Waals surface area contributed by atoms with E-state index in [-0.39, 0.29) is 24.4 Å². The van der Waals surface area contributed by atoms with E-state index in [1.54, 1.807) is 0 Å². The van der Waals surface area contributed by atoms with E-state index in [0.29, 0.717) is 11.7 Å². The van der Waals surface area contributed by atoms with Gasteiger partial charge in [-0.05, 0) is 58.2 Å². The molecule has 0 aliphatic carbocycles. The number of hydrogen-bond acceptors (Lipinski definition) is 4. The molecule has 2 aromatic rings. The molecule has 1 amide bonds. The van der Waals surface area contributed by atoms with Crippen LogP contribution in [0.4, 0.5) is 0 Å². The number of hydrogen-bond donors (Lipinski definition) is 2. The van der Waals surface area contributed by atoms with Crippen LogP contribution in [-0.2, 0) is 6.42 Å². The van der Waals surface area contributed by atoms with Gasteiger partial charge in [0.1, 0.15) is 0 Å². The van der Waals surface area contributed by atoms with Crippen LogP contribution in [0.5, 0.6) is 0 Å². The molecule has 26 heavy (non-hydrogen) atoms. The van der Waals surface area contributed by atoms with Crippen LogP contribution in [0.3, 0.4) is 0 Å². The average molecular weight is 378 g/mol. The Morgan fingerprint density at radius 2 is 2.00 bits per heavy atom. The molecule has 2 heterocycles. The summed E-state index contributed by atoms with van der Waals surface area (Å²) in [5.74, 6) is -0.127. The van der Waals surface area contributed by atoms with Crippen molar-refractivity contribution in [3.63, 3.8) is 0 Å². The lowest BCUT2D eigenvalue weighted by Gasteiger charge is -2.23. The Labute approximate surface area is 161 Å². The molecular weight excluding hydrogens is 350 g/mol. The Morgan fingerprint density at radius 1 is 1.31 bits per heavy atom. The summed E-state index contributed by atoms with van der Waals surface area (Å²) in [6, 6.07) is 10.8. The highest BCUT2D eigenvalue weighted by Crippen LogP contribution is 2.20. The van der Waals surface area contributed by atoms with Crippen molar-refractivity contribution in [3.05, 3.63) is 47.3 Å². The first-order chi connectivity index (χ1) is 12.1. The maximum Gasteiger partial charge on any atom is 0.273 e. The molecule has 0 radical (unpaired) electrons. The van der Waals surface area contributed by atoms with Gasteiger partial charge in [-0.2, -0.15) is 0 Å². The number of piperidine rings is 1. The van der Waals surface area contributed by atoms with E-state index in [1.807, 2.05) is 36.7 Å². The molecule has 142 valence electrons. The number of aryl methyl sites for hydroxylation is 1. The van der Waals surface area contributed by atoms with Crippen LogP contribution in [0.25, 0.3) is 0 Å². The largest absolute Gasteiger partial charge is 0.348 e. The second-order valence-corrected chi connectivity index (χ2v) is 6.85. The number of carbonyl (C=O) groups excluding carboxylic acids is 1. The minimum atomic E-state index is -0.127. The van der Waals surface area contributed by atoms with Crippen molar-refractivity contribution in [1.82, 2.24) is 25.6 Å². The molecule has 1 aliphatic rings. The van der Waals surface area contributed by atoms with Gasteiger partial charge in [0.05, 0.1) is 11.7 Å². The van der Waals surface area contributed by atoms with Gasteiger partial charge in [0, 0.05) is 6.04 Å². The van der Waals surface area contributed by atoms with Crippen molar-refractivity contribution in [2.24, 2.45) is 0 Å². The molecular formula is C19H28ClN5O. The van der Waals surface area contributed by atoms with Gasteiger partial charge in [-0.15, -0.1) is 17.5 Å². The van der Waals surface area contributed by atoms with Crippen LogP contribution in [0.1, 0.15) is 54.0 Å². The van der Waals surface area contributed by atoms with Gasteiger partial charge in [-0.3, -0.25) is 4.79 Å². The smallest absolute Gasteiger partial charge is 0.273 e. The van der Waals surface area contributed by atoms with E-state index in [0.717, 1.165) is 44.5 Å². The van der Waals surface area contributed by atoms with Crippen molar-refractivity contribution in [2.45, 2.75) is 51.6 Å². The average Bonchev–Trinajstić information content (AvgIpc) is 3.03. The number of amides is 1. The highest BCUT2D eigenvalue weighted by atomic mass is 35.5. The Balaban J connectivity index is 0.00000243. The molecule has 0 saturated carbocycles. The summed E-state index contributed by atoms with van der Waals surface area (Å²) in [5.41, 5.74) is 2.60. The van der Waals surface area contributed by atoms with E-state index in [1.165, 1.54) is 5.56 Å². The molecule has 1 saturated heterocycles. The van der Waals surface area contributed by atoms with Gasteiger partial charge in [-0.1, -0.05) is 35.5 Å². The zero-order valence-corrected chi connectivity index (χ0v) is 16.3. The lowest BCUT2D eigenvalue weighted by Crippen LogP contribution is -2.34. The summed E-state index contributed by atoms with van der Waals surface area (Å²) in [4.78, 5) is 12.5. The standard InChI is InChI=1S/C19H27N5O.ClH/c1-14(8-9-16-6-4-3-5-7-16)21-19(25)18-15(2)24(23-22-18)17-10-12-20-13-11-17;/h3-7,14,17,20H,8-13H2,1-2H3,(H,21,25);1H. The molecule has 1 aromatic heterocycles. The third-order valence-electron chi connectivity index (χ3n) is 4.88. The van der Waals surface area contributed by atoms with Crippen LogP contribution >= 0.6 is 12.4 Å². The van der Waals surface area contributed by atoms with Crippen molar-refractivity contribution < 1.29 is 4.79 Å². The lowest BCUT2D eigenvalue weighted by molar-refractivity contribution is 0.0932. The number of carbonyl (C=O) groups is 1. The van der Waals surface area contributed by atoms with Crippen molar-refractivity contribution in [2.75, 3.05) is 13.1 Å². The fourth-order valence-electron chi connectivity index (χ4n) is 3.34. The number of aromatic nitrogens is 3.